The predicted octanol–water partition coefficient (Wildman–Crippen LogP) is 4.94. The molecule has 2 aromatic rings. The highest BCUT2D eigenvalue weighted by Gasteiger charge is 2.04. The number of hydrogen-bond donors (Lipinski definition) is 2. The molecule has 0 bridgehead atoms. The van der Waals surface area contributed by atoms with E-state index in [1.807, 2.05) is 0 Å². The number of rotatable bonds is 2. The van der Waals surface area contributed by atoms with Crippen LogP contribution in [0.1, 0.15) is 0 Å². The number of nitrogens with one attached hydrogen (secondary N) is 2. The number of thiocarbonyl (C=S) groups is 1. The van der Waals surface area contributed by atoms with Crippen molar-refractivity contribution in [2.24, 2.45) is 0 Å². The summed E-state index contributed by atoms with van der Waals surface area (Å²) in [6.45, 7) is 0. The molecule has 6 heteroatoms. The maximum Gasteiger partial charge on any atom is 0.175 e. The van der Waals surface area contributed by atoms with E-state index in [-0.39, 0.29) is 10.9 Å². The molecule has 0 fully saturated rings. The van der Waals surface area contributed by atoms with E-state index in [9.17, 15) is 4.39 Å². The molecule has 0 amide bonds. The number of anilines is 2. The average Bonchev–Trinajstić information content (AvgIpc) is 2.37. The smallest absolute Gasteiger partial charge is 0.175 e. The van der Waals surface area contributed by atoms with E-state index in [1.54, 1.807) is 36.4 Å². The first kappa shape index (κ1) is 14.1. The van der Waals surface area contributed by atoms with Crippen LogP contribution in [0.25, 0.3) is 0 Å². The molecular weight excluding hydrogens is 306 g/mol. The van der Waals surface area contributed by atoms with Crippen molar-refractivity contribution in [2.45, 2.75) is 0 Å². The molecule has 0 spiro atoms. The molecule has 0 saturated heterocycles. The summed E-state index contributed by atoms with van der Waals surface area (Å²) < 4.78 is 13.4. The second-order valence-corrected chi connectivity index (χ2v) is 4.91. The van der Waals surface area contributed by atoms with Gasteiger partial charge in [-0.25, -0.2) is 4.39 Å². The molecule has 0 radical (unpaired) electrons. The van der Waals surface area contributed by atoms with Gasteiger partial charge < -0.3 is 10.6 Å². The van der Waals surface area contributed by atoms with Crippen LogP contribution in [0.3, 0.4) is 0 Å². The van der Waals surface area contributed by atoms with Gasteiger partial charge in [-0.2, -0.15) is 0 Å². The summed E-state index contributed by atoms with van der Waals surface area (Å²) in [7, 11) is 0. The molecule has 0 atom stereocenters. The van der Waals surface area contributed by atoms with Crippen LogP contribution in [0.2, 0.25) is 10.0 Å². The van der Waals surface area contributed by atoms with Crippen LogP contribution in [0.4, 0.5) is 15.8 Å². The molecule has 0 saturated carbocycles. The summed E-state index contributed by atoms with van der Waals surface area (Å²) in [4.78, 5) is 0. The van der Waals surface area contributed by atoms with Gasteiger partial charge in [0.1, 0.15) is 5.82 Å². The van der Waals surface area contributed by atoms with Gasteiger partial charge in [0.15, 0.2) is 5.11 Å². The van der Waals surface area contributed by atoms with E-state index >= 15 is 0 Å². The van der Waals surface area contributed by atoms with Crippen LogP contribution in [-0.4, -0.2) is 5.11 Å². The Morgan fingerprint density at radius 3 is 2.42 bits per heavy atom. The van der Waals surface area contributed by atoms with Crippen molar-refractivity contribution in [1.29, 1.82) is 0 Å². The minimum atomic E-state index is -0.374. The van der Waals surface area contributed by atoms with Crippen LogP contribution in [0.5, 0.6) is 0 Å². The zero-order chi connectivity index (χ0) is 13.8. The fraction of sp³-hybridized carbons (Fsp3) is 0. The molecule has 2 nitrogen and oxygen atoms in total. The zero-order valence-corrected chi connectivity index (χ0v) is 11.9. The average molecular weight is 315 g/mol. The van der Waals surface area contributed by atoms with Gasteiger partial charge in [0.05, 0.1) is 15.7 Å². The summed E-state index contributed by atoms with van der Waals surface area (Å²) in [6, 6.07) is 11.3. The van der Waals surface area contributed by atoms with Crippen molar-refractivity contribution >= 4 is 51.9 Å². The summed E-state index contributed by atoms with van der Waals surface area (Å²) in [6.07, 6.45) is 0. The predicted molar refractivity (Wildman–Crippen MR) is 82.7 cm³/mol. The summed E-state index contributed by atoms with van der Waals surface area (Å²) >= 11 is 16.8. The molecule has 2 rings (SSSR count). The van der Waals surface area contributed by atoms with Crippen LogP contribution >= 0.6 is 35.4 Å². The normalized spacial score (nSPS) is 10.1. The highest BCUT2D eigenvalue weighted by atomic mass is 35.5. The van der Waals surface area contributed by atoms with Crippen molar-refractivity contribution in [2.75, 3.05) is 10.6 Å². The Morgan fingerprint density at radius 1 is 1.00 bits per heavy atom. The lowest BCUT2D eigenvalue weighted by molar-refractivity contribution is 0.632. The molecule has 98 valence electrons. The van der Waals surface area contributed by atoms with Gasteiger partial charge in [-0.1, -0.05) is 35.3 Å². The lowest BCUT2D eigenvalue weighted by atomic mass is 10.3. The van der Waals surface area contributed by atoms with Crippen LogP contribution < -0.4 is 10.6 Å². The molecule has 19 heavy (non-hydrogen) atoms. The molecule has 0 aromatic heterocycles. The van der Waals surface area contributed by atoms with Gasteiger partial charge in [0.2, 0.25) is 0 Å². The molecule has 0 unspecified atom stereocenters. The number of halogens is 3. The fourth-order valence-corrected chi connectivity index (χ4v) is 1.95. The monoisotopic (exact) mass is 314 g/mol. The third-order valence-corrected chi connectivity index (χ3v) is 3.24. The van der Waals surface area contributed by atoms with Gasteiger partial charge in [-0.15, -0.1) is 0 Å². The Balaban J connectivity index is 2.05. The second kappa shape index (κ2) is 6.19. The van der Waals surface area contributed by atoms with E-state index < -0.39 is 0 Å². The standard InChI is InChI=1S/C13H9Cl2FN2S/c14-9-6-5-8(7-10(9)15)17-13(19)18-12-4-2-1-3-11(12)16/h1-7H,(H2,17,18,19). The maximum absolute atomic E-state index is 13.4. The van der Waals surface area contributed by atoms with Crippen LogP contribution in [0.15, 0.2) is 42.5 Å². The van der Waals surface area contributed by atoms with Crippen LogP contribution in [-0.2, 0) is 0 Å². The lowest BCUT2D eigenvalue weighted by Crippen LogP contribution is -2.19. The SMILES string of the molecule is Fc1ccccc1NC(=S)Nc1ccc(Cl)c(Cl)c1. The molecule has 0 aliphatic carbocycles. The Hall–Kier alpha value is -1.36. The van der Waals surface area contributed by atoms with Crippen molar-refractivity contribution in [3.63, 3.8) is 0 Å². The summed E-state index contributed by atoms with van der Waals surface area (Å²) in [5.41, 5.74) is 0.975. The Bertz CT molecular complexity index is 619. The molecule has 0 heterocycles. The fourth-order valence-electron chi connectivity index (χ4n) is 1.42. The summed E-state index contributed by atoms with van der Waals surface area (Å²) in [5.74, 6) is -0.374. The highest BCUT2D eigenvalue weighted by Crippen LogP contribution is 2.25. The van der Waals surface area contributed by atoms with Crippen molar-refractivity contribution in [3.8, 4) is 0 Å². The molecule has 2 N–H and O–H groups in total. The topological polar surface area (TPSA) is 24.1 Å². The quantitative estimate of drug-likeness (QED) is 0.768. The van der Waals surface area contributed by atoms with E-state index in [0.29, 0.717) is 21.4 Å². The van der Waals surface area contributed by atoms with Gasteiger partial charge in [-0.3, -0.25) is 0 Å². The van der Waals surface area contributed by atoms with Gasteiger partial charge in [-0.05, 0) is 42.5 Å². The van der Waals surface area contributed by atoms with E-state index in [2.05, 4.69) is 10.6 Å². The Morgan fingerprint density at radius 2 is 1.74 bits per heavy atom. The minimum Gasteiger partial charge on any atom is -0.332 e. The molecule has 0 aliphatic heterocycles. The first-order chi connectivity index (χ1) is 9.06. The third-order valence-electron chi connectivity index (χ3n) is 2.30. The second-order valence-electron chi connectivity index (χ2n) is 3.69. The van der Waals surface area contributed by atoms with E-state index in [4.69, 9.17) is 35.4 Å². The first-order valence-electron chi connectivity index (χ1n) is 5.34. The Labute approximate surface area is 125 Å². The van der Waals surface area contributed by atoms with Crippen molar-refractivity contribution < 1.29 is 4.39 Å². The van der Waals surface area contributed by atoms with Crippen molar-refractivity contribution in [1.82, 2.24) is 0 Å². The van der Waals surface area contributed by atoms with Gasteiger partial charge in [0, 0.05) is 5.69 Å². The largest absolute Gasteiger partial charge is 0.332 e. The van der Waals surface area contributed by atoms with Crippen LogP contribution in [0, 0.1) is 5.82 Å². The molecular formula is C13H9Cl2FN2S. The maximum atomic E-state index is 13.4. The number of benzene rings is 2. The van der Waals surface area contributed by atoms with E-state index in [0.717, 1.165) is 0 Å². The number of para-hydroxylation sites is 1. The number of hydrogen-bond acceptors (Lipinski definition) is 1. The minimum absolute atomic E-state index is 0.267. The van der Waals surface area contributed by atoms with Gasteiger partial charge in [0.25, 0.3) is 0 Å². The van der Waals surface area contributed by atoms with Gasteiger partial charge >= 0.3 is 0 Å². The molecule has 2 aromatic carbocycles. The molecule has 0 aliphatic rings. The van der Waals surface area contributed by atoms with E-state index in [1.165, 1.54) is 6.07 Å². The Kier molecular flexibility index (Phi) is 4.58. The summed E-state index contributed by atoms with van der Waals surface area (Å²) in [5, 5.41) is 6.80. The zero-order valence-electron chi connectivity index (χ0n) is 9.58. The van der Waals surface area contributed by atoms with Crippen molar-refractivity contribution in [3.05, 3.63) is 58.3 Å². The first-order valence-corrected chi connectivity index (χ1v) is 6.50. The lowest BCUT2D eigenvalue weighted by Gasteiger charge is -2.11. The third kappa shape index (κ3) is 3.80. The highest BCUT2D eigenvalue weighted by molar-refractivity contribution is 7.80.